The molecule has 29 heavy (non-hydrogen) atoms. The van der Waals surface area contributed by atoms with Gasteiger partial charge in [0, 0.05) is 24.8 Å². The molecule has 0 aromatic heterocycles. The molecular weight excluding hydrogens is 394 g/mol. The normalized spacial score (nSPS) is 14.2. The van der Waals surface area contributed by atoms with Gasteiger partial charge in [0.15, 0.2) is 18.1 Å². The first-order chi connectivity index (χ1) is 13.9. The maximum atomic E-state index is 12.5. The molecule has 8 nitrogen and oxygen atoms in total. The number of methoxy groups -OCH3 is 1. The third kappa shape index (κ3) is 4.85. The van der Waals surface area contributed by atoms with Crippen molar-refractivity contribution < 1.29 is 22.7 Å². The van der Waals surface area contributed by atoms with Crippen LogP contribution in [0.1, 0.15) is 18.4 Å². The number of anilines is 1. The predicted molar refractivity (Wildman–Crippen MR) is 106 cm³/mol. The Balaban J connectivity index is 1.59. The van der Waals surface area contributed by atoms with Crippen LogP contribution in [0.4, 0.5) is 5.69 Å². The van der Waals surface area contributed by atoms with E-state index in [1.807, 2.05) is 6.07 Å². The summed E-state index contributed by atoms with van der Waals surface area (Å²) in [6.07, 6.45) is 1.74. The van der Waals surface area contributed by atoms with Crippen LogP contribution >= 0.6 is 0 Å². The zero-order valence-corrected chi connectivity index (χ0v) is 16.7. The highest BCUT2D eigenvalue weighted by molar-refractivity contribution is 7.89. The molecule has 2 aromatic carbocycles. The largest absolute Gasteiger partial charge is 0.493 e. The minimum atomic E-state index is -3.48. The van der Waals surface area contributed by atoms with Crippen LogP contribution in [0.5, 0.6) is 11.5 Å². The maximum absolute atomic E-state index is 12.5. The molecular formula is C20H21N3O5S. The van der Waals surface area contributed by atoms with Gasteiger partial charge in [-0.15, -0.1) is 0 Å². The van der Waals surface area contributed by atoms with Gasteiger partial charge in [0.1, 0.15) is 0 Å². The van der Waals surface area contributed by atoms with Crippen LogP contribution in [0.3, 0.4) is 0 Å². The van der Waals surface area contributed by atoms with Crippen LogP contribution in [0.2, 0.25) is 0 Å². The van der Waals surface area contributed by atoms with E-state index in [0.717, 1.165) is 12.8 Å². The molecule has 1 heterocycles. The smallest absolute Gasteiger partial charge is 0.262 e. The second-order valence-electron chi connectivity index (χ2n) is 6.45. The van der Waals surface area contributed by atoms with Gasteiger partial charge in [0.05, 0.1) is 23.6 Å². The van der Waals surface area contributed by atoms with E-state index in [9.17, 15) is 13.2 Å². The average molecular weight is 415 g/mol. The van der Waals surface area contributed by atoms with Gasteiger partial charge in [-0.1, -0.05) is 0 Å². The summed E-state index contributed by atoms with van der Waals surface area (Å²) < 4.78 is 37.1. The van der Waals surface area contributed by atoms with Gasteiger partial charge in [0.25, 0.3) is 5.91 Å². The minimum Gasteiger partial charge on any atom is -0.493 e. The summed E-state index contributed by atoms with van der Waals surface area (Å²) in [5.74, 6) is 0.286. The van der Waals surface area contributed by atoms with E-state index < -0.39 is 15.9 Å². The zero-order chi connectivity index (χ0) is 20.9. The molecule has 1 aliphatic heterocycles. The molecule has 0 radical (unpaired) electrons. The molecule has 1 saturated heterocycles. The first-order valence-electron chi connectivity index (χ1n) is 9.05. The summed E-state index contributed by atoms with van der Waals surface area (Å²) in [5.41, 5.74) is 0.883. The van der Waals surface area contributed by atoms with Crippen molar-refractivity contribution in [3.05, 3.63) is 48.0 Å². The Bertz CT molecular complexity index is 1020. The fourth-order valence-electron chi connectivity index (χ4n) is 2.98. The van der Waals surface area contributed by atoms with Crippen LogP contribution in [0.15, 0.2) is 47.4 Å². The number of ether oxygens (including phenoxy) is 2. The van der Waals surface area contributed by atoms with Crippen LogP contribution in [0, 0.1) is 11.3 Å². The summed E-state index contributed by atoms with van der Waals surface area (Å²) in [7, 11) is -2.04. The molecule has 0 aliphatic carbocycles. The number of rotatable bonds is 7. The van der Waals surface area contributed by atoms with Gasteiger partial charge in [-0.25, -0.2) is 8.42 Å². The molecule has 0 bridgehead atoms. The fraction of sp³-hybridized carbons (Fsp3) is 0.300. The molecule has 2 aromatic rings. The third-order valence-corrected chi connectivity index (χ3v) is 6.41. The van der Waals surface area contributed by atoms with E-state index in [-0.39, 0.29) is 11.5 Å². The minimum absolute atomic E-state index is 0.205. The summed E-state index contributed by atoms with van der Waals surface area (Å²) >= 11 is 0. The number of benzene rings is 2. The molecule has 1 fully saturated rings. The Hall–Kier alpha value is -3.09. The highest BCUT2D eigenvalue weighted by atomic mass is 32.2. The molecule has 0 spiro atoms. The van der Waals surface area contributed by atoms with E-state index in [2.05, 4.69) is 5.32 Å². The highest BCUT2D eigenvalue weighted by Crippen LogP contribution is 2.28. The Morgan fingerprint density at radius 2 is 1.83 bits per heavy atom. The number of nitrogens with one attached hydrogen (secondary N) is 1. The van der Waals surface area contributed by atoms with Crippen molar-refractivity contribution in [2.45, 2.75) is 17.7 Å². The van der Waals surface area contributed by atoms with Gasteiger partial charge in [0.2, 0.25) is 10.0 Å². The summed E-state index contributed by atoms with van der Waals surface area (Å²) in [6.45, 7) is 0.810. The Kier molecular flexibility index (Phi) is 6.36. The van der Waals surface area contributed by atoms with E-state index in [0.29, 0.717) is 35.8 Å². The van der Waals surface area contributed by atoms with E-state index in [1.54, 1.807) is 24.3 Å². The lowest BCUT2D eigenvalue weighted by Gasteiger charge is -2.15. The topological polar surface area (TPSA) is 109 Å². The zero-order valence-electron chi connectivity index (χ0n) is 15.9. The van der Waals surface area contributed by atoms with Gasteiger partial charge in [-0.05, 0) is 49.2 Å². The molecule has 1 N–H and O–H groups in total. The number of nitriles is 1. The van der Waals surface area contributed by atoms with Crippen molar-refractivity contribution in [1.29, 1.82) is 5.26 Å². The number of carbonyl (C=O) groups is 1. The molecule has 9 heteroatoms. The first-order valence-corrected chi connectivity index (χ1v) is 10.5. The van der Waals surface area contributed by atoms with Crippen molar-refractivity contribution >= 4 is 21.6 Å². The van der Waals surface area contributed by atoms with Gasteiger partial charge >= 0.3 is 0 Å². The SMILES string of the molecule is COc1cc(C#N)ccc1OCC(=O)Nc1ccc(S(=O)(=O)N2CCCC2)cc1. The number of amides is 1. The number of nitrogens with zero attached hydrogens (tertiary/aromatic N) is 2. The lowest BCUT2D eigenvalue weighted by molar-refractivity contribution is -0.118. The Labute approximate surface area is 169 Å². The van der Waals surface area contributed by atoms with Gasteiger partial charge in [-0.3, -0.25) is 4.79 Å². The fourth-order valence-corrected chi connectivity index (χ4v) is 4.50. The Morgan fingerprint density at radius 1 is 1.14 bits per heavy atom. The quantitative estimate of drug-likeness (QED) is 0.744. The van der Waals surface area contributed by atoms with Crippen LogP contribution in [-0.4, -0.2) is 45.4 Å². The van der Waals surface area contributed by atoms with Crippen molar-refractivity contribution in [3.63, 3.8) is 0 Å². The number of sulfonamides is 1. The molecule has 0 unspecified atom stereocenters. The summed E-state index contributed by atoms with van der Waals surface area (Å²) in [5, 5.41) is 11.6. The van der Waals surface area contributed by atoms with Crippen molar-refractivity contribution in [2.24, 2.45) is 0 Å². The summed E-state index contributed by atoms with van der Waals surface area (Å²) in [6, 6.07) is 12.7. The third-order valence-electron chi connectivity index (χ3n) is 4.49. The second kappa shape index (κ2) is 8.94. The number of hydrogen-bond acceptors (Lipinski definition) is 6. The Morgan fingerprint density at radius 3 is 2.45 bits per heavy atom. The number of carbonyl (C=O) groups excluding carboxylic acids is 1. The second-order valence-corrected chi connectivity index (χ2v) is 8.39. The average Bonchev–Trinajstić information content (AvgIpc) is 3.28. The first kappa shape index (κ1) is 20.6. The molecule has 0 atom stereocenters. The molecule has 3 rings (SSSR count). The van der Waals surface area contributed by atoms with Crippen LogP contribution in [0.25, 0.3) is 0 Å². The number of hydrogen-bond donors (Lipinski definition) is 1. The van der Waals surface area contributed by atoms with E-state index in [1.165, 1.54) is 29.6 Å². The van der Waals surface area contributed by atoms with E-state index >= 15 is 0 Å². The van der Waals surface area contributed by atoms with Crippen molar-refractivity contribution in [2.75, 3.05) is 32.1 Å². The monoisotopic (exact) mass is 415 g/mol. The molecule has 152 valence electrons. The highest BCUT2D eigenvalue weighted by Gasteiger charge is 2.26. The van der Waals surface area contributed by atoms with Crippen molar-refractivity contribution in [3.8, 4) is 17.6 Å². The van der Waals surface area contributed by atoms with Crippen LogP contribution < -0.4 is 14.8 Å². The maximum Gasteiger partial charge on any atom is 0.262 e. The molecule has 1 aliphatic rings. The van der Waals surface area contributed by atoms with Crippen LogP contribution in [-0.2, 0) is 14.8 Å². The van der Waals surface area contributed by atoms with Gasteiger partial charge in [-0.2, -0.15) is 9.57 Å². The lowest BCUT2D eigenvalue weighted by atomic mass is 10.2. The standard InChI is InChI=1S/C20H21N3O5S/c1-27-19-12-15(13-21)4-9-18(19)28-14-20(24)22-16-5-7-17(8-6-16)29(25,26)23-10-2-3-11-23/h4-9,12H,2-3,10-11,14H2,1H3,(H,22,24). The predicted octanol–water partition coefficient (Wildman–Crippen LogP) is 2.37. The molecule has 1 amide bonds. The lowest BCUT2D eigenvalue weighted by Crippen LogP contribution is -2.27. The molecule has 0 saturated carbocycles. The van der Waals surface area contributed by atoms with E-state index in [4.69, 9.17) is 14.7 Å². The summed E-state index contributed by atoms with van der Waals surface area (Å²) in [4.78, 5) is 12.3. The van der Waals surface area contributed by atoms with Crippen molar-refractivity contribution in [1.82, 2.24) is 4.31 Å². The van der Waals surface area contributed by atoms with Gasteiger partial charge < -0.3 is 14.8 Å².